The fourth-order valence-corrected chi connectivity index (χ4v) is 2.87. The number of fused-ring (bicyclic) bond motifs is 1. The quantitative estimate of drug-likeness (QED) is 0.506. The second kappa shape index (κ2) is 5.19. The summed E-state index contributed by atoms with van der Waals surface area (Å²) in [5.41, 5.74) is 2.85. The first-order valence-electron chi connectivity index (χ1n) is 5.85. The van der Waals surface area contributed by atoms with Crippen LogP contribution in [0.15, 0.2) is 53.4 Å². The van der Waals surface area contributed by atoms with Crippen molar-refractivity contribution < 1.29 is 0 Å². The Balaban J connectivity index is 2.36. The average Bonchev–Trinajstić information content (AvgIpc) is 2.46. The number of nitrogens with zero attached hydrogens (tertiary/aromatic N) is 2. The van der Waals surface area contributed by atoms with Gasteiger partial charge in [0.1, 0.15) is 0 Å². The van der Waals surface area contributed by atoms with Crippen LogP contribution in [0.5, 0.6) is 0 Å². The molecular weight excluding hydrogens is 276 g/mol. The van der Waals surface area contributed by atoms with Crippen molar-refractivity contribution in [3.8, 4) is 11.3 Å². The van der Waals surface area contributed by atoms with Crippen molar-refractivity contribution in [2.45, 2.75) is 4.90 Å². The Kier molecular flexibility index (Phi) is 3.40. The monoisotopic (exact) mass is 286 g/mol. The van der Waals surface area contributed by atoms with Crippen molar-refractivity contribution in [2.75, 3.05) is 6.26 Å². The maximum Gasteiger partial charge on any atom is 0.223 e. The Hall–Kier alpha value is -1.58. The highest BCUT2D eigenvalue weighted by Gasteiger charge is 2.11. The lowest BCUT2D eigenvalue weighted by Crippen LogP contribution is -1.92. The van der Waals surface area contributed by atoms with Crippen LogP contribution in [0.1, 0.15) is 0 Å². The summed E-state index contributed by atoms with van der Waals surface area (Å²) in [7, 11) is 0. The summed E-state index contributed by atoms with van der Waals surface area (Å²) in [6, 6.07) is 16.1. The number of benzene rings is 2. The zero-order chi connectivity index (χ0) is 13.2. The van der Waals surface area contributed by atoms with Crippen LogP contribution in [0, 0.1) is 0 Å². The molecule has 0 amide bonds. The van der Waals surface area contributed by atoms with Crippen LogP contribution in [0.25, 0.3) is 22.2 Å². The number of thioether (sulfide) groups is 1. The molecule has 2 aromatic carbocycles. The Bertz CT molecular complexity index is 743. The van der Waals surface area contributed by atoms with Crippen LogP contribution in [-0.4, -0.2) is 16.2 Å². The van der Waals surface area contributed by atoms with E-state index in [2.05, 4.69) is 28.4 Å². The predicted molar refractivity (Wildman–Crippen MR) is 81.8 cm³/mol. The molecule has 0 aliphatic carbocycles. The molecular formula is C15H11ClN2S. The van der Waals surface area contributed by atoms with Crippen molar-refractivity contribution in [1.29, 1.82) is 0 Å². The van der Waals surface area contributed by atoms with E-state index in [0.717, 1.165) is 22.2 Å². The summed E-state index contributed by atoms with van der Waals surface area (Å²) in [5, 5.41) is 1.30. The topological polar surface area (TPSA) is 25.8 Å². The third kappa shape index (κ3) is 2.31. The third-order valence-electron chi connectivity index (χ3n) is 2.94. The second-order valence-electron chi connectivity index (χ2n) is 4.06. The van der Waals surface area contributed by atoms with Gasteiger partial charge in [-0.05, 0) is 30.0 Å². The van der Waals surface area contributed by atoms with E-state index in [4.69, 9.17) is 11.6 Å². The highest BCUT2D eigenvalue weighted by atomic mass is 35.5. The van der Waals surface area contributed by atoms with Gasteiger partial charge in [0.15, 0.2) is 0 Å². The van der Waals surface area contributed by atoms with Crippen molar-refractivity contribution in [3.63, 3.8) is 0 Å². The zero-order valence-corrected chi connectivity index (χ0v) is 11.9. The molecule has 0 aliphatic heterocycles. The van der Waals surface area contributed by atoms with Crippen molar-refractivity contribution >= 4 is 34.3 Å². The number of hydrogen-bond donors (Lipinski definition) is 0. The van der Waals surface area contributed by atoms with Crippen LogP contribution in [0.2, 0.25) is 5.28 Å². The standard InChI is InChI=1S/C15H11ClN2S/c1-19-13-9-5-3-7-11(13)14-10-6-2-4-8-12(10)17-15(16)18-14/h2-9H,1H3. The van der Waals surface area contributed by atoms with E-state index < -0.39 is 0 Å². The lowest BCUT2D eigenvalue weighted by molar-refractivity contribution is 1.21. The van der Waals surface area contributed by atoms with Gasteiger partial charge in [-0.2, -0.15) is 0 Å². The molecule has 94 valence electrons. The number of halogens is 1. The molecule has 0 radical (unpaired) electrons. The van der Waals surface area contributed by atoms with Gasteiger partial charge in [-0.25, -0.2) is 9.97 Å². The molecule has 1 heterocycles. The minimum atomic E-state index is 0.282. The summed E-state index contributed by atoms with van der Waals surface area (Å²) in [6.07, 6.45) is 2.06. The Morgan fingerprint density at radius 2 is 1.68 bits per heavy atom. The first-order chi connectivity index (χ1) is 9.29. The summed E-state index contributed by atoms with van der Waals surface area (Å²) < 4.78 is 0. The maximum absolute atomic E-state index is 6.04. The molecule has 0 aliphatic rings. The highest BCUT2D eigenvalue weighted by molar-refractivity contribution is 7.98. The molecule has 3 aromatic rings. The van der Waals surface area contributed by atoms with E-state index in [1.54, 1.807) is 11.8 Å². The number of rotatable bonds is 2. The van der Waals surface area contributed by atoms with Crippen LogP contribution in [0.3, 0.4) is 0 Å². The highest BCUT2D eigenvalue weighted by Crippen LogP contribution is 2.33. The van der Waals surface area contributed by atoms with E-state index in [0.29, 0.717) is 0 Å². The molecule has 0 saturated heterocycles. The summed E-state index contributed by atoms with van der Waals surface area (Å²) in [5.74, 6) is 0. The Morgan fingerprint density at radius 1 is 0.947 bits per heavy atom. The fraction of sp³-hybridized carbons (Fsp3) is 0.0667. The van der Waals surface area contributed by atoms with E-state index >= 15 is 0 Å². The van der Waals surface area contributed by atoms with Gasteiger partial charge in [0.05, 0.1) is 11.2 Å². The summed E-state index contributed by atoms with van der Waals surface area (Å²) in [4.78, 5) is 9.87. The van der Waals surface area contributed by atoms with E-state index in [-0.39, 0.29) is 5.28 Å². The van der Waals surface area contributed by atoms with Crippen LogP contribution < -0.4 is 0 Å². The molecule has 0 saturated carbocycles. The maximum atomic E-state index is 6.04. The minimum Gasteiger partial charge on any atom is -0.218 e. The summed E-state index contributed by atoms with van der Waals surface area (Å²) in [6.45, 7) is 0. The molecule has 1 aromatic heterocycles. The van der Waals surface area contributed by atoms with E-state index in [9.17, 15) is 0 Å². The van der Waals surface area contributed by atoms with Gasteiger partial charge < -0.3 is 0 Å². The second-order valence-corrected chi connectivity index (χ2v) is 5.24. The summed E-state index contributed by atoms with van der Waals surface area (Å²) >= 11 is 7.74. The van der Waals surface area contributed by atoms with Crippen LogP contribution in [0.4, 0.5) is 0 Å². The molecule has 0 unspecified atom stereocenters. The number of hydrogen-bond acceptors (Lipinski definition) is 3. The molecule has 0 bridgehead atoms. The molecule has 4 heteroatoms. The van der Waals surface area contributed by atoms with E-state index in [1.807, 2.05) is 36.4 Å². The van der Waals surface area contributed by atoms with Crippen molar-refractivity contribution in [2.24, 2.45) is 0 Å². The van der Waals surface area contributed by atoms with Crippen molar-refractivity contribution in [1.82, 2.24) is 9.97 Å². The minimum absolute atomic E-state index is 0.282. The molecule has 2 nitrogen and oxygen atoms in total. The van der Waals surface area contributed by atoms with Gasteiger partial charge in [-0.1, -0.05) is 36.4 Å². The van der Waals surface area contributed by atoms with Gasteiger partial charge in [-0.15, -0.1) is 11.8 Å². The molecule has 0 fully saturated rings. The van der Waals surface area contributed by atoms with Crippen molar-refractivity contribution in [3.05, 3.63) is 53.8 Å². The molecule has 0 spiro atoms. The van der Waals surface area contributed by atoms with Gasteiger partial charge >= 0.3 is 0 Å². The largest absolute Gasteiger partial charge is 0.223 e. The number of aromatic nitrogens is 2. The Morgan fingerprint density at radius 3 is 2.53 bits per heavy atom. The normalized spacial score (nSPS) is 10.8. The van der Waals surface area contributed by atoms with Crippen LogP contribution in [-0.2, 0) is 0 Å². The fourth-order valence-electron chi connectivity index (χ4n) is 2.09. The zero-order valence-electron chi connectivity index (χ0n) is 10.3. The molecule has 0 atom stereocenters. The predicted octanol–water partition coefficient (Wildman–Crippen LogP) is 4.67. The average molecular weight is 287 g/mol. The first kappa shape index (κ1) is 12.5. The van der Waals surface area contributed by atoms with Gasteiger partial charge in [0.25, 0.3) is 0 Å². The SMILES string of the molecule is CSc1ccccc1-c1nc(Cl)nc2ccccc12. The van der Waals surface area contributed by atoms with Gasteiger partial charge in [-0.3, -0.25) is 0 Å². The van der Waals surface area contributed by atoms with Gasteiger partial charge in [0.2, 0.25) is 5.28 Å². The number of para-hydroxylation sites is 1. The Labute approximate surface area is 120 Å². The van der Waals surface area contributed by atoms with Gasteiger partial charge in [0, 0.05) is 15.8 Å². The molecule has 19 heavy (non-hydrogen) atoms. The van der Waals surface area contributed by atoms with E-state index in [1.165, 1.54) is 4.90 Å². The smallest absolute Gasteiger partial charge is 0.218 e. The van der Waals surface area contributed by atoms with Crippen LogP contribution >= 0.6 is 23.4 Å². The first-order valence-corrected chi connectivity index (χ1v) is 7.45. The lowest BCUT2D eigenvalue weighted by atomic mass is 10.1. The lowest BCUT2D eigenvalue weighted by Gasteiger charge is -2.09. The third-order valence-corrected chi connectivity index (χ3v) is 3.90. The molecule has 3 rings (SSSR count). The molecule has 0 N–H and O–H groups in total.